The van der Waals surface area contributed by atoms with Crippen LogP contribution in [0.1, 0.15) is 53.2 Å². The molecule has 0 aliphatic rings. The zero-order chi connectivity index (χ0) is 17.1. The number of nitrogens with zero attached hydrogens (tertiary/aromatic N) is 3. The molecule has 124 valence electrons. The van der Waals surface area contributed by atoms with Gasteiger partial charge in [-0.05, 0) is 25.8 Å². The summed E-state index contributed by atoms with van der Waals surface area (Å²) in [4.78, 5) is 25.2. The largest absolute Gasteiger partial charge is 0.366 e. The lowest BCUT2D eigenvalue weighted by atomic mass is 10.1. The number of amides is 1. The number of aromatic nitrogens is 3. The van der Waals surface area contributed by atoms with Gasteiger partial charge < -0.3 is 5.32 Å². The van der Waals surface area contributed by atoms with Crippen molar-refractivity contribution in [3.8, 4) is 0 Å². The molecule has 2 heterocycles. The summed E-state index contributed by atoms with van der Waals surface area (Å²) in [5, 5.41) is 6.98. The van der Waals surface area contributed by atoms with E-state index in [1.807, 2.05) is 19.9 Å². The number of hydrogen-bond donors (Lipinski definition) is 2. The Bertz CT molecular complexity index is 709. The molecule has 0 radical (unpaired) electrons. The van der Waals surface area contributed by atoms with E-state index in [1.54, 1.807) is 6.20 Å². The lowest BCUT2D eigenvalue weighted by Gasteiger charge is -2.15. The van der Waals surface area contributed by atoms with Crippen LogP contribution in [0.2, 0.25) is 0 Å². The molecule has 0 saturated heterocycles. The summed E-state index contributed by atoms with van der Waals surface area (Å²) < 4.78 is 0. The van der Waals surface area contributed by atoms with Crippen LogP contribution >= 0.6 is 0 Å². The van der Waals surface area contributed by atoms with E-state index < -0.39 is 0 Å². The van der Waals surface area contributed by atoms with Crippen molar-refractivity contribution < 1.29 is 4.79 Å². The Morgan fingerprint density at radius 1 is 1.09 bits per heavy atom. The van der Waals surface area contributed by atoms with Crippen LogP contribution in [0.25, 0.3) is 10.9 Å². The molecule has 23 heavy (non-hydrogen) atoms. The molecule has 6 nitrogen and oxygen atoms in total. The molecule has 2 N–H and O–H groups in total. The molecule has 1 amide bonds. The Hall–Kier alpha value is -2.24. The van der Waals surface area contributed by atoms with E-state index >= 15 is 0 Å². The summed E-state index contributed by atoms with van der Waals surface area (Å²) in [6.07, 6.45) is 1.73. The third-order valence-electron chi connectivity index (χ3n) is 3.36. The Kier molecular flexibility index (Phi) is 5.13. The first-order valence-electron chi connectivity index (χ1n) is 8.03. The van der Waals surface area contributed by atoms with Crippen LogP contribution in [-0.4, -0.2) is 26.9 Å². The van der Waals surface area contributed by atoms with Crippen molar-refractivity contribution in [1.29, 1.82) is 0 Å². The fourth-order valence-corrected chi connectivity index (χ4v) is 2.04. The molecule has 6 heteroatoms. The number of fused-ring (bicyclic) bond motifs is 1. The zero-order valence-corrected chi connectivity index (χ0v) is 14.6. The first-order valence-corrected chi connectivity index (χ1v) is 8.03. The van der Waals surface area contributed by atoms with E-state index in [1.165, 1.54) is 0 Å². The van der Waals surface area contributed by atoms with Crippen molar-refractivity contribution in [2.24, 2.45) is 5.92 Å². The third-order valence-corrected chi connectivity index (χ3v) is 3.36. The number of pyridine rings is 1. The molecule has 0 aromatic carbocycles. The van der Waals surface area contributed by atoms with Gasteiger partial charge in [0.05, 0.1) is 0 Å². The van der Waals surface area contributed by atoms with Gasteiger partial charge in [0, 0.05) is 29.2 Å². The summed E-state index contributed by atoms with van der Waals surface area (Å²) >= 11 is 0. The van der Waals surface area contributed by atoms with Crippen LogP contribution in [-0.2, 0) is 4.79 Å². The quantitative estimate of drug-likeness (QED) is 0.882. The Balaban J connectivity index is 2.50. The van der Waals surface area contributed by atoms with Gasteiger partial charge >= 0.3 is 0 Å². The highest BCUT2D eigenvalue weighted by atomic mass is 16.1. The van der Waals surface area contributed by atoms with Crippen molar-refractivity contribution in [2.75, 3.05) is 10.6 Å². The summed E-state index contributed by atoms with van der Waals surface area (Å²) in [7, 11) is 0. The molecular formula is C17H25N5O. The van der Waals surface area contributed by atoms with Crippen LogP contribution in [0.15, 0.2) is 12.3 Å². The molecule has 0 saturated carbocycles. The van der Waals surface area contributed by atoms with Crippen LogP contribution in [0.5, 0.6) is 0 Å². The van der Waals surface area contributed by atoms with E-state index in [4.69, 9.17) is 0 Å². The second kappa shape index (κ2) is 6.89. The van der Waals surface area contributed by atoms with E-state index in [2.05, 4.69) is 53.3 Å². The van der Waals surface area contributed by atoms with Gasteiger partial charge in [0.25, 0.3) is 0 Å². The highest BCUT2D eigenvalue weighted by Crippen LogP contribution is 2.25. The van der Waals surface area contributed by atoms with E-state index in [-0.39, 0.29) is 17.9 Å². The second-order valence-corrected chi connectivity index (χ2v) is 6.62. The maximum Gasteiger partial charge on any atom is 0.230 e. The highest BCUT2D eigenvalue weighted by molar-refractivity contribution is 5.93. The van der Waals surface area contributed by atoms with Gasteiger partial charge in [0.15, 0.2) is 5.82 Å². The van der Waals surface area contributed by atoms with Crippen molar-refractivity contribution in [1.82, 2.24) is 15.0 Å². The maximum atomic E-state index is 11.8. The highest BCUT2D eigenvalue weighted by Gasteiger charge is 2.14. The SMILES string of the molecule is CC(C)Nc1nc(C(C)C)cc2cnc(NC(=O)C(C)C)nc12. The number of rotatable bonds is 5. The average molecular weight is 315 g/mol. The minimum Gasteiger partial charge on any atom is -0.366 e. The molecule has 0 fully saturated rings. The first-order chi connectivity index (χ1) is 10.8. The van der Waals surface area contributed by atoms with Crippen molar-refractivity contribution >= 4 is 28.6 Å². The van der Waals surface area contributed by atoms with Crippen LogP contribution < -0.4 is 10.6 Å². The Morgan fingerprint density at radius 3 is 2.35 bits per heavy atom. The van der Waals surface area contributed by atoms with Crippen molar-refractivity contribution in [3.05, 3.63) is 18.0 Å². The fraction of sp³-hybridized carbons (Fsp3) is 0.529. The topological polar surface area (TPSA) is 79.8 Å². The molecule has 2 rings (SSSR count). The minimum atomic E-state index is -0.121. The molecule has 0 bridgehead atoms. The van der Waals surface area contributed by atoms with Crippen LogP contribution in [0, 0.1) is 5.92 Å². The summed E-state index contributed by atoms with van der Waals surface area (Å²) in [5.74, 6) is 1.12. The molecule has 0 aliphatic heterocycles. The fourth-order valence-electron chi connectivity index (χ4n) is 2.04. The maximum absolute atomic E-state index is 11.8. The van der Waals surface area contributed by atoms with Gasteiger partial charge in [-0.3, -0.25) is 10.1 Å². The number of carbonyl (C=O) groups is 1. The number of anilines is 2. The molecule has 2 aromatic heterocycles. The van der Waals surface area contributed by atoms with Gasteiger partial charge in [-0.25, -0.2) is 15.0 Å². The monoisotopic (exact) mass is 315 g/mol. The number of carbonyl (C=O) groups excluding carboxylic acids is 1. The molecule has 0 atom stereocenters. The second-order valence-electron chi connectivity index (χ2n) is 6.62. The molecule has 2 aromatic rings. The summed E-state index contributed by atoms with van der Waals surface area (Å²) in [6.45, 7) is 12.0. The smallest absolute Gasteiger partial charge is 0.230 e. The molecule has 0 aliphatic carbocycles. The van der Waals surface area contributed by atoms with Gasteiger partial charge in [0.2, 0.25) is 11.9 Å². The van der Waals surface area contributed by atoms with E-state index in [0.717, 1.165) is 22.4 Å². The summed E-state index contributed by atoms with van der Waals surface area (Å²) in [6, 6.07) is 2.23. The third kappa shape index (κ3) is 4.15. The van der Waals surface area contributed by atoms with Crippen LogP contribution in [0.4, 0.5) is 11.8 Å². The van der Waals surface area contributed by atoms with Crippen LogP contribution in [0.3, 0.4) is 0 Å². The summed E-state index contributed by atoms with van der Waals surface area (Å²) in [5.41, 5.74) is 1.71. The standard InChI is InChI=1S/C17H25N5O/c1-9(2)13-7-12-8-18-17(22-16(23)10(3)4)21-14(12)15(20-13)19-11(5)6/h7-11H,1-6H3,(H,19,20)(H,18,21,22,23). The van der Waals surface area contributed by atoms with Crippen molar-refractivity contribution in [2.45, 2.75) is 53.5 Å². The van der Waals surface area contributed by atoms with Gasteiger partial charge in [-0.15, -0.1) is 0 Å². The Labute approximate surface area is 137 Å². The lowest BCUT2D eigenvalue weighted by molar-refractivity contribution is -0.118. The lowest BCUT2D eigenvalue weighted by Crippen LogP contribution is -2.19. The predicted molar refractivity (Wildman–Crippen MR) is 93.6 cm³/mol. The average Bonchev–Trinajstić information content (AvgIpc) is 2.46. The number of nitrogens with one attached hydrogen (secondary N) is 2. The van der Waals surface area contributed by atoms with Gasteiger partial charge in [-0.1, -0.05) is 27.7 Å². The predicted octanol–water partition coefficient (Wildman–Crippen LogP) is 3.56. The first kappa shape index (κ1) is 17.1. The molecule has 0 unspecified atom stereocenters. The minimum absolute atomic E-state index is 0.102. The zero-order valence-electron chi connectivity index (χ0n) is 14.6. The van der Waals surface area contributed by atoms with E-state index in [9.17, 15) is 4.79 Å². The molecule has 0 spiro atoms. The van der Waals surface area contributed by atoms with Gasteiger partial charge in [-0.2, -0.15) is 0 Å². The van der Waals surface area contributed by atoms with Crippen molar-refractivity contribution in [3.63, 3.8) is 0 Å². The normalized spacial score (nSPS) is 11.5. The Morgan fingerprint density at radius 2 is 1.78 bits per heavy atom. The number of hydrogen-bond acceptors (Lipinski definition) is 5. The molecular weight excluding hydrogens is 290 g/mol. The van der Waals surface area contributed by atoms with E-state index in [0.29, 0.717) is 11.9 Å². The van der Waals surface area contributed by atoms with Gasteiger partial charge in [0.1, 0.15) is 5.52 Å².